The number of carbonyl (C=O) groups is 2. The van der Waals surface area contributed by atoms with Crippen LogP contribution in [-0.4, -0.2) is 46.9 Å². The maximum atomic E-state index is 13.3. The minimum atomic E-state index is -0.794. The summed E-state index contributed by atoms with van der Waals surface area (Å²) < 4.78 is 5.95. The first kappa shape index (κ1) is 64.6. The number of esters is 1. The number of nitrogens with one attached hydrogen (secondary N) is 1. The summed E-state index contributed by atoms with van der Waals surface area (Å²) in [5.41, 5.74) is 0. The third-order valence-electron chi connectivity index (χ3n) is 13.1. The lowest BCUT2D eigenvalue weighted by Gasteiger charge is -2.24. The molecule has 0 saturated heterocycles. The summed E-state index contributed by atoms with van der Waals surface area (Å²) in [6.07, 6.45) is 68.5. The van der Waals surface area contributed by atoms with Gasteiger partial charge in [0.15, 0.2) is 0 Å². The van der Waals surface area contributed by atoms with Crippen LogP contribution in [0.5, 0.6) is 0 Å². The van der Waals surface area contributed by atoms with E-state index in [-0.39, 0.29) is 24.9 Å². The molecule has 390 valence electrons. The number of rotatable bonds is 52. The van der Waals surface area contributed by atoms with Crippen molar-refractivity contribution in [3.63, 3.8) is 0 Å². The minimum Gasteiger partial charge on any atom is -0.462 e. The number of ether oxygens (including phenoxy) is 1. The smallest absolute Gasteiger partial charge is 0.306 e. The summed E-state index contributed by atoms with van der Waals surface area (Å²) in [4.78, 5) is 26.3. The molecule has 3 unspecified atom stereocenters. The predicted molar refractivity (Wildman–Crippen MR) is 292 cm³/mol. The Labute approximate surface area is 416 Å². The molecule has 1 amide bonds. The average Bonchev–Trinajstić information content (AvgIpc) is 3.32. The molecule has 0 aliphatic carbocycles. The van der Waals surface area contributed by atoms with E-state index in [0.717, 1.165) is 89.9 Å². The van der Waals surface area contributed by atoms with Crippen LogP contribution in [0.4, 0.5) is 0 Å². The Bertz CT molecular complexity index is 1190. The van der Waals surface area contributed by atoms with Crippen LogP contribution < -0.4 is 5.32 Å². The van der Waals surface area contributed by atoms with Crippen molar-refractivity contribution in [2.24, 2.45) is 0 Å². The minimum absolute atomic E-state index is 0.0658. The van der Waals surface area contributed by atoms with Gasteiger partial charge in [-0.25, -0.2) is 0 Å². The van der Waals surface area contributed by atoms with Gasteiger partial charge in [-0.3, -0.25) is 9.59 Å². The van der Waals surface area contributed by atoms with Crippen LogP contribution in [0, 0.1) is 0 Å². The number of unbranched alkanes of at least 4 members (excludes halogenated alkanes) is 30. The second-order valence-corrected chi connectivity index (χ2v) is 19.7. The van der Waals surface area contributed by atoms with E-state index in [1.807, 2.05) is 0 Å². The molecule has 0 saturated carbocycles. The first-order chi connectivity index (χ1) is 33.0. The maximum absolute atomic E-state index is 13.3. The van der Waals surface area contributed by atoms with E-state index in [2.05, 4.69) is 86.8 Å². The highest BCUT2D eigenvalue weighted by atomic mass is 16.5. The molecular formula is C61H111NO5. The zero-order valence-corrected chi connectivity index (χ0v) is 44.5. The van der Waals surface area contributed by atoms with Crippen molar-refractivity contribution in [2.75, 3.05) is 6.61 Å². The van der Waals surface area contributed by atoms with Crippen molar-refractivity contribution in [1.82, 2.24) is 5.32 Å². The summed E-state index contributed by atoms with van der Waals surface area (Å²) in [6.45, 7) is 6.39. The summed E-state index contributed by atoms with van der Waals surface area (Å²) in [5, 5.41) is 23.9. The second kappa shape index (κ2) is 54.5. The van der Waals surface area contributed by atoms with Gasteiger partial charge in [-0.15, -0.1) is 0 Å². The third kappa shape index (κ3) is 49.8. The lowest BCUT2D eigenvalue weighted by atomic mass is 10.0. The molecule has 0 aromatic carbocycles. The van der Waals surface area contributed by atoms with Crippen molar-refractivity contribution in [3.05, 3.63) is 60.8 Å². The topological polar surface area (TPSA) is 95.9 Å². The van der Waals surface area contributed by atoms with E-state index in [0.29, 0.717) is 19.3 Å². The van der Waals surface area contributed by atoms with Gasteiger partial charge in [0, 0.05) is 6.42 Å². The normalized spacial score (nSPS) is 13.6. The first-order valence-electron chi connectivity index (χ1n) is 29.0. The molecule has 0 aromatic heterocycles. The summed E-state index contributed by atoms with van der Waals surface area (Å²) >= 11 is 0. The summed E-state index contributed by atoms with van der Waals surface area (Å²) in [6, 6.07) is -0.709. The van der Waals surface area contributed by atoms with Crippen molar-refractivity contribution in [1.29, 1.82) is 0 Å². The fraction of sp³-hybridized carbons (Fsp3) is 0.803. The molecule has 0 spiro atoms. The largest absolute Gasteiger partial charge is 0.462 e. The fourth-order valence-electron chi connectivity index (χ4n) is 8.75. The predicted octanol–water partition coefficient (Wildman–Crippen LogP) is 18.0. The van der Waals surface area contributed by atoms with Gasteiger partial charge in [0.2, 0.25) is 5.91 Å². The second-order valence-electron chi connectivity index (χ2n) is 19.7. The average molecular weight is 939 g/mol. The molecule has 0 aromatic rings. The Balaban J connectivity index is 4.56. The standard InChI is InChI=1S/C61H111NO5/c1-4-7-10-13-16-19-22-25-27-29-30-31-33-36-39-42-45-48-51-54-61(66)67-57(52-49-46-43-40-37-34-24-21-18-15-12-9-6-3)55-60(65)62-58(56-63)59(64)53-50-47-44-41-38-35-32-28-26-23-20-17-14-11-8-5-2/h7,10,16,19,25,27,30-31,36,39,57-59,63-64H,4-6,8-9,11-15,17-18,20-24,26,28-29,32-35,37-38,40-56H2,1-3H3,(H,62,65)/b10-7-,19-16-,27-25-,31-30-,39-36-. The maximum Gasteiger partial charge on any atom is 0.306 e. The number of allylic oxidation sites excluding steroid dienone is 10. The van der Waals surface area contributed by atoms with Gasteiger partial charge in [-0.2, -0.15) is 0 Å². The highest BCUT2D eigenvalue weighted by Crippen LogP contribution is 2.18. The summed E-state index contributed by atoms with van der Waals surface area (Å²) in [5.74, 6) is -0.501. The van der Waals surface area contributed by atoms with Crippen molar-refractivity contribution in [3.8, 4) is 0 Å². The van der Waals surface area contributed by atoms with Crippen LogP contribution in [-0.2, 0) is 14.3 Å². The highest BCUT2D eigenvalue weighted by molar-refractivity contribution is 5.77. The molecule has 0 fully saturated rings. The third-order valence-corrected chi connectivity index (χ3v) is 13.1. The van der Waals surface area contributed by atoms with E-state index in [9.17, 15) is 19.8 Å². The van der Waals surface area contributed by atoms with Gasteiger partial charge < -0.3 is 20.3 Å². The molecular weight excluding hydrogens is 827 g/mol. The molecule has 0 aliphatic heterocycles. The number of hydrogen-bond acceptors (Lipinski definition) is 5. The molecule has 0 radical (unpaired) electrons. The van der Waals surface area contributed by atoms with Crippen LogP contribution >= 0.6 is 0 Å². The molecule has 0 bridgehead atoms. The molecule has 3 N–H and O–H groups in total. The SMILES string of the molecule is CC/C=C\C/C=C\C/C=C\C/C=C\C/C=C\CCCCCC(=O)OC(CCCCCCCCCCCCCCC)CC(=O)NC(CO)C(O)CCCCCCCCCCCCCCCCCC. The van der Waals surface area contributed by atoms with Crippen molar-refractivity contribution in [2.45, 2.75) is 309 Å². The lowest BCUT2D eigenvalue weighted by molar-refractivity contribution is -0.151. The van der Waals surface area contributed by atoms with E-state index >= 15 is 0 Å². The highest BCUT2D eigenvalue weighted by Gasteiger charge is 2.24. The monoisotopic (exact) mass is 938 g/mol. The van der Waals surface area contributed by atoms with Gasteiger partial charge in [0.25, 0.3) is 0 Å². The Morgan fingerprint density at radius 3 is 1.21 bits per heavy atom. The molecule has 3 atom stereocenters. The molecule has 0 heterocycles. The van der Waals surface area contributed by atoms with Crippen molar-refractivity contribution < 1.29 is 24.5 Å². The van der Waals surface area contributed by atoms with Crippen LogP contribution in [0.15, 0.2) is 60.8 Å². The van der Waals surface area contributed by atoms with Gasteiger partial charge in [-0.05, 0) is 70.6 Å². The van der Waals surface area contributed by atoms with E-state index in [1.54, 1.807) is 0 Å². The Kier molecular flexibility index (Phi) is 52.5. The van der Waals surface area contributed by atoms with Crippen molar-refractivity contribution >= 4 is 11.9 Å². The van der Waals surface area contributed by atoms with Crippen LogP contribution in [0.25, 0.3) is 0 Å². The Morgan fingerprint density at radius 2 is 0.806 bits per heavy atom. The Morgan fingerprint density at radius 1 is 0.448 bits per heavy atom. The first-order valence-corrected chi connectivity index (χ1v) is 29.0. The zero-order valence-electron chi connectivity index (χ0n) is 44.5. The summed E-state index contributed by atoms with van der Waals surface area (Å²) in [7, 11) is 0. The van der Waals surface area contributed by atoms with Gasteiger partial charge in [0.1, 0.15) is 6.10 Å². The molecule has 6 nitrogen and oxygen atoms in total. The zero-order chi connectivity index (χ0) is 48.8. The van der Waals surface area contributed by atoms with E-state index in [4.69, 9.17) is 4.74 Å². The number of aliphatic hydroxyl groups is 2. The van der Waals surface area contributed by atoms with Gasteiger partial charge in [0.05, 0.1) is 25.2 Å². The van der Waals surface area contributed by atoms with E-state index in [1.165, 1.54) is 154 Å². The van der Waals surface area contributed by atoms with Crippen LogP contribution in [0.1, 0.15) is 290 Å². The van der Waals surface area contributed by atoms with E-state index < -0.39 is 18.2 Å². The van der Waals surface area contributed by atoms with Gasteiger partial charge >= 0.3 is 5.97 Å². The quantitative estimate of drug-likeness (QED) is 0.0321. The van der Waals surface area contributed by atoms with Gasteiger partial charge in [-0.1, -0.05) is 268 Å². The number of carbonyl (C=O) groups excluding carboxylic acids is 2. The number of hydrogen-bond donors (Lipinski definition) is 3. The number of amides is 1. The molecule has 67 heavy (non-hydrogen) atoms. The fourth-order valence-corrected chi connectivity index (χ4v) is 8.75. The molecule has 0 aliphatic rings. The molecule has 6 heteroatoms. The Hall–Kier alpha value is -2.44. The van der Waals surface area contributed by atoms with Crippen LogP contribution in [0.2, 0.25) is 0 Å². The lowest BCUT2D eigenvalue weighted by Crippen LogP contribution is -2.46. The molecule has 0 rings (SSSR count). The number of aliphatic hydroxyl groups excluding tert-OH is 2. The van der Waals surface area contributed by atoms with Crippen LogP contribution in [0.3, 0.4) is 0 Å².